The van der Waals surface area contributed by atoms with Crippen molar-refractivity contribution in [2.75, 3.05) is 7.11 Å². The number of aromatic amines is 1. The van der Waals surface area contributed by atoms with E-state index >= 15 is 0 Å². The van der Waals surface area contributed by atoms with Crippen molar-refractivity contribution >= 4 is 17.8 Å². The fraction of sp³-hybridized carbons (Fsp3) is 0.409. The summed E-state index contributed by atoms with van der Waals surface area (Å²) < 4.78 is 10.1. The number of hydrogen-bond acceptors (Lipinski definition) is 5. The molecule has 0 aliphatic rings. The summed E-state index contributed by atoms with van der Waals surface area (Å²) in [6, 6.07) is 0. The van der Waals surface area contributed by atoms with Crippen LogP contribution in [-0.4, -0.2) is 35.5 Å². The van der Waals surface area contributed by atoms with Gasteiger partial charge in [0, 0.05) is 17.6 Å². The highest BCUT2D eigenvalue weighted by Gasteiger charge is 2.25. The molecule has 0 atom stereocenters. The number of primary amides is 1. The van der Waals surface area contributed by atoms with Gasteiger partial charge < -0.3 is 20.2 Å². The minimum atomic E-state index is -0.679. The van der Waals surface area contributed by atoms with Crippen molar-refractivity contribution < 1.29 is 23.9 Å². The van der Waals surface area contributed by atoms with Gasteiger partial charge in [-0.05, 0) is 58.1 Å². The molecule has 0 aliphatic carbocycles. The molecule has 7 heteroatoms. The summed E-state index contributed by atoms with van der Waals surface area (Å²) in [5.41, 5.74) is 7.38. The Labute approximate surface area is 171 Å². The molecule has 3 N–H and O–H groups in total. The van der Waals surface area contributed by atoms with Crippen LogP contribution in [0.2, 0.25) is 0 Å². The number of aromatic nitrogens is 1. The van der Waals surface area contributed by atoms with Gasteiger partial charge in [-0.25, -0.2) is 4.79 Å². The van der Waals surface area contributed by atoms with E-state index in [4.69, 9.17) is 10.5 Å². The van der Waals surface area contributed by atoms with Gasteiger partial charge in [0.15, 0.2) is 0 Å². The second kappa shape index (κ2) is 9.78. The largest absolute Gasteiger partial charge is 0.469 e. The van der Waals surface area contributed by atoms with E-state index in [1.165, 1.54) is 13.2 Å². The Morgan fingerprint density at radius 2 is 1.90 bits per heavy atom. The number of rotatable bonds is 6. The standard InChI is InChI=1S/C22H28N2O5/c1-8-15(20(23)26)13(2)9-11-17-14(3)16(10-12-18(25)28-7)19(24-17)21(27)29-22(4,5)6/h8,24H,1,10,12H2,2-7H3,(H2,23,26). The molecule has 156 valence electrons. The Balaban J connectivity index is 3.43. The Bertz CT molecular complexity index is 917. The smallest absolute Gasteiger partial charge is 0.355 e. The highest BCUT2D eigenvalue weighted by atomic mass is 16.6. The molecular formula is C22H28N2O5. The van der Waals surface area contributed by atoms with E-state index in [1.54, 1.807) is 34.6 Å². The summed E-state index contributed by atoms with van der Waals surface area (Å²) in [4.78, 5) is 38.6. The van der Waals surface area contributed by atoms with Crippen molar-refractivity contribution in [3.8, 4) is 11.8 Å². The molecule has 1 heterocycles. The fourth-order valence-corrected chi connectivity index (χ4v) is 2.56. The fourth-order valence-electron chi connectivity index (χ4n) is 2.56. The lowest BCUT2D eigenvalue weighted by Gasteiger charge is -2.19. The Morgan fingerprint density at radius 3 is 2.38 bits per heavy atom. The van der Waals surface area contributed by atoms with E-state index in [0.717, 1.165) is 0 Å². The van der Waals surface area contributed by atoms with Crippen LogP contribution < -0.4 is 5.73 Å². The molecule has 1 aromatic rings. The van der Waals surface area contributed by atoms with Crippen LogP contribution in [0.5, 0.6) is 0 Å². The van der Waals surface area contributed by atoms with Gasteiger partial charge >= 0.3 is 11.9 Å². The van der Waals surface area contributed by atoms with Gasteiger partial charge in [0.2, 0.25) is 5.91 Å². The van der Waals surface area contributed by atoms with E-state index in [0.29, 0.717) is 28.8 Å². The molecule has 0 aromatic carbocycles. The number of amides is 1. The van der Waals surface area contributed by atoms with Gasteiger partial charge in [0.25, 0.3) is 0 Å². The minimum absolute atomic E-state index is 0.110. The number of carbonyl (C=O) groups is 3. The predicted molar refractivity (Wildman–Crippen MR) is 110 cm³/mol. The highest BCUT2D eigenvalue weighted by Crippen LogP contribution is 2.23. The zero-order valence-electron chi connectivity index (χ0n) is 17.8. The Hall–Kier alpha value is -3.27. The first-order chi connectivity index (χ1) is 13.4. The van der Waals surface area contributed by atoms with Gasteiger partial charge in [0.05, 0.1) is 12.8 Å². The molecule has 0 unspecified atom stereocenters. The maximum absolute atomic E-state index is 12.6. The SMILES string of the molecule is C=CC(C(N)=O)=C(C)C#Cc1[nH]c(C(=O)OC(C)(C)C)c(CCC(=O)OC)c1C. The average molecular weight is 400 g/mol. The lowest BCUT2D eigenvalue weighted by atomic mass is 10.0. The molecule has 0 spiro atoms. The van der Waals surface area contributed by atoms with Crippen molar-refractivity contribution in [3.05, 3.63) is 46.3 Å². The number of allylic oxidation sites excluding steroid dienone is 1. The zero-order chi connectivity index (χ0) is 22.4. The summed E-state index contributed by atoms with van der Waals surface area (Å²) in [6.45, 7) is 12.3. The van der Waals surface area contributed by atoms with Crippen molar-refractivity contribution in [1.82, 2.24) is 4.98 Å². The number of nitrogens with one attached hydrogen (secondary N) is 1. The zero-order valence-corrected chi connectivity index (χ0v) is 17.8. The van der Waals surface area contributed by atoms with E-state index in [-0.39, 0.29) is 23.7 Å². The summed E-state index contributed by atoms with van der Waals surface area (Å²) in [6.07, 6.45) is 1.75. The van der Waals surface area contributed by atoms with Crippen LogP contribution in [0.15, 0.2) is 23.8 Å². The monoisotopic (exact) mass is 400 g/mol. The number of ether oxygens (including phenoxy) is 2. The second-order valence-electron chi connectivity index (χ2n) is 7.41. The first-order valence-electron chi connectivity index (χ1n) is 9.08. The van der Waals surface area contributed by atoms with Crippen LogP contribution in [-0.2, 0) is 25.5 Å². The number of esters is 2. The average Bonchev–Trinajstić information content (AvgIpc) is 2.92. The van der Waals surface area contributed by atoms with Gasteiger partial charge in [-0.15, -0.1) is 0 Å². The van der Waals surface area contributed by atoms with Crippen LogP contribution >= 0.6 is 0 Å². The van der Waals surface area contributed by atoms with Gasteiger partial charge in [-0.1, -0.05) is 18.6 Å². The van der Waals surface area contributed by atoms with Gasteiger partial charge in [-0.3, -0.25) is 9.59 Å². The third-order valence-corrected chi connectivity index (χ3v) is 4.04. The first kappa shape index (κ1) is 23.8. The maximum Gasteiger partial charge on any atom is 0.355 e. The van der Waals surface area contributed by atoms with E-state index in [1.807, 2.05) is 0 Å². The highest BCUT2D eigenvalue weighted by molar-refractivity contribution is 5.96. The number of nitrogens with two attached hydrogens (primary N) is 1. The summed E-state index contributed by atoms with van der Waals surface area (Å²) in [5.74, 6) is 4.23. The molecule has 29 heavy (non-hydrogen) atoms. The molecule has 1 rings (SSSR count). The van der Waals surface area contributed by atoms with Crippen molar-refractivity contribution in [1.29, 1.82) is 0 Å². The molecular weight excluding hydrogens is 372 g/mol. The van der Waals surface area contributed by atoms with Crippen molar-refractivity contribution in [3.63, 3.8) is 0 Å². The van der Waals surface area contributed by atoms with Crippen LogP contribution in [0.3, 0.4) is 0 Å². The van der Waals surface area contributed by atoms with Crippen LogP contribution in [0.1, 0.15) is 61.4 Å². The number of hydrogen-bond donors (Lipinski definition) is 2. The van der Waals surface area contributed by atoms with Crippen LogP contribution in [0, 0.1) is 18.8 Å². The van der Waals surface area contributed by atoms with Crippen molar-refractivity contribution in [2.45, 2.75) is 53.1 Å². The third-order valence-electron chi connectivity index (χ3n) is 4.04. The first-order valence-corrected chi connectivity index (χ1v) is 9.08. The number of carbonyl (C=O) groups excluding carboxylic acids is 3. The molecule has 0 saturated heterocycles. The Morgan fingerprint density at radius 1 is 1.28 bits per heavy atom. The Kier molecular flexibility index (Phi) is 8.02. The van der Waals surface area contributed by atoms with Crippen LogP contribution in [0.4, 0.5) is 0 Å². The number of methoxy groups -OCH3 is 1. The maximum atomic E-state index is 12.6. The lowest BCUT2D eigenvalue weighted by Crippen LogP contribution is -2.24. The molecule has 7 nitrogen and oxygen atoms in total. The molecule has 0 fully saturated rings. The summed E-state index contributed by atoms with van der Waals surface area (Å²) in [7, 11) is 1.31. The number of H-pyrrole nitrogens is 1. The topological polar surface area (TPSA) is 111 Å². The molecule has 0 aliphatic heterocycles. The molecule has 0 saturated carbocycles. The normalized spacial score (nSPS) is 11.7. The summed E-state index contributed by atoms with van der Waals surface area (Å²) >= 11 is 0. The van der Waals surface area contributed by atoms with E-state index < -0.39 is 17.5 Å². The van der Waals surface area contributed by atoms with Crippen LogP contribution in [0.25, 0.3) is 0 Å². The second-order valence-corrected chi connectivity index (χ2v) is 7.41. The molecule has 0 radical (unpaired) electrons. The van der Waals surface area contributed by atoms with Crippen molar-refractivity contribution in [2.24, 2.45) is 5.73 Å². The molecule has 0 bridgehead atoms. The molecule has 1 aromatic heterocycles. The van der Waals surface area contributed by atoms with E-state index in [9.17, 15) is 14.4 Å². The van der Waals surface area contributed by atoms with Gasteiger partial charge in [-0.2, -0.15) is 0 Å². The lowest BCUT2D eigenvalue weighted by molar-refractivity contribution is -0.140. The minimum Gasteiger partial charge on any atom is -0.469 e. The van der Waals surface area contributed by atoms with E-state index in [2.05, 4.69) is 28.1 Å². The predicted octanol–water partition coefficient (Wildman–Crippen LogP) is 2.72. The quantitative estimate of drug-likeness (QED) is 0.330. The summed E-state index contributed by atoms with van der Waals surface area (Å²) in [5, 5.41) is 0. The third kappa shape index (κ3) is 6.68. The molecule has 1 amide bonds. The van der Waals surface area contributed by atoms with Gasteiger partial charge in [0.1, 0.15) is 11.3 Å².